The third-order valence-corrected chi connectivity index (χ3v) is 7.38. The van der Waals surface area contributed by atoms with Crippen LogP contribution in [0.1, 0.15) is 76.5 Å². The Kier molecular flexibility index (Phi) is 5.80. The minimum atomic E-state index is -4.11. The standard InChI is InChI=1S/C25H33F3N4/c1-5-24(13-11-19(12-14-24)25(26,27)28)31-17(2)20-16-29-32-22(20)30-21(15-23(32,3)4)18-9-7-6-8-10-18/h6-10,16,19,21,30-31H,2,5,11-15H2,1,3-4H3. The second kappa shape index (κ2) is 8.16. The van der Waals surface area contributed by atoms with E-state index in [0.717, 1.165) is 29.9 Å². The van der Waals surface area contributed by atoms with Crippen LogP contribution in [0.4, 0.5) is 19.0 Å². The number of hydrogen-bond donors (Lipinski definition) is 2. The van der Waals surface area contributed by atoms with Crippen molar-refractivity contribution in [3.8, 4) is 0 Å². The van der Waals surface area contributed by atoms with Gasteiger partial charge in [0.05, 0.1) is 29.3 Å². The summed E-state index contributed by atoms with van der Waals surface area (Å²) in [5, 5.41) is 11.8. The van der Waals surface area contributed by atoms with E-state index in [0.29, 0.717) is 12.8 Å². The van der Waals surface area contributed by atoms with Gasteiger partial charge in [0.15, 0.2) is 0 Å². The Balaban J connectivity index is 1.55. The fourth-order valence-corrected chi connectivity index (χ4v) is 5.31. The first-order chi connectivity index (χ1) is 15.0. The molecule has 2 aromatic rings. The zero-order chi connectivity index (χ0) is 23.1. The summed E-state index contributed by atoms with van der Waals surface area (Å²) in [5.74, 6) is -0.293. The van der Waals surface area contributed by atoms with Crippen molar-refractivity contribution in [3.05, 3.63) is 54.2 Å². The van der Waals surface area contributed by atoms with Crippen molar-refractivity contribution >= 4 is 11.5 Å². The molecule has 1 unspecified atom stereocenters. The number of nitrogens with zero attached hydrogens (tertiary/aromatic N) is 2. The van der Waals surface area contributed by atoms with Crippen LogP contribution in [-0.2, 0) is 5.54 Å². The molecule has 0 amide bonds. The van der Waals surface area contributed by atoms with E-state index in [9.17, 15) is 13.2 Å². The van der Waals surface area contributed by atoms with Crippen LogP contribution in [0, 0.1) is 5.92 Å². The molecule has 32 heavy (non-hydrogen) atoms. The Morgan fingerprint density at radius 2 is 1.88 bits per heavy atom. The molecular weight excluding hydrogens is 413 g/mol. The first kappa shape index (κ1) is 22.7. The minimum Gasteiger partial charge on any atom is -0.379 e. The lowest BCUT2D eigenvalue weighted by Crippen LogP contribution is -2.48. The molecule has 0 spiro atoms. The first-order valence-electron chi connectivity index (χ1n) is 11.5. The largest absolute Gasteiger partial charge is 0.391 e. The Labute approximate surface area is 188 Å². The number of nitrogens with one attached hydrogen (secondary N) is 2. The number of benzene rings is 1. The molecule has 1 atom stereocenters. The third kappa shape index (κ3) is 4.26. The predicted octanol–water partition coefficient (Wildman–Crippen LogP) is 6.64. The third-order valence-electron chi connectivity index (χ3n) is 7.38. The molecule has 1 aliphatic heterocycles. The molecule has 0 saturated heterocycles. The molecule has 4 nitrogen and oxygen atoms in total. The van der Waals surface area contributed by atoms with Gasteiger partial charge in [0.1, 0.15) is 5.82 Å². The van der Waals surface area contributed by atoms with Gasteiger partial charge in [-0.15, -0.1) is 0 Å². The predicted molar refractivity (Wildman–Crippen MR) is 122 cm³/mol. The molecule has 2 heterocycles. The van der Waals surface area contributed by atoms with Gasteiger partial charge in [-0.2, -0.15) is 18.3 Å². The minimum absolute atomic E-state index is 0.143. The van der Waals surface area contributed by atoms with Crippen LogP contribution in [0.3, 0.4) is 0 Å². The van der Waals surface area contributed by atoms with Crippen LogP contribution >= 0.6 is 0 Å². The molecular formula is C25H33F3N4. The first-order valence-corrected chi connectivity index (χ1v) is 11.5. The lowest BCUT2D eigenvalue weighted by atomic mass is 9.74. The number of alkyl halides is 3. The summed E-state index contributed by atoms with van der Waals surface area (Å²) < 4.78 is 41.5. The zero-order valence-electron chi connectivity index (χ0n) is 19.1. The number of rotatable bonds is 5. The Morgan fingerprint density at radius 3 is 2.47 bits per heavy atom. The highest BCUT2D eigenvalue weighted by molar-refractivity contribution is 5.73. The molecule has 1 aromatic heterocycles. The molecule has 1 aliphatic carbocycles. The number of hydrogen-bond acceptors (Lipinski definition) is 3. The second-order valence-corrected chi connectivity index (χ2v) is 10.00. The molecule has 2 aliphatic rings. The number of halogens is 3. The highest BCUT2D eigenvalue weighted by atomic mass is 19.4. The monoisotopic (exact) mass is 446 g/mol. The van der Waals surface area contributed by atoms with Crippen molar-refractivity contribution < 1.29 is 13.2 Å². The van der Waals surface area contributed by atoms with Crippen molar-refractivity contribution in [3.63, 3.8) is 0 Å². The van der Waals surface area contributed by atoms with E-state index >= 15 is 0 Å². The molecule has 4 rings (SSSR count). The van der Waals surface area contributed by atoms with Gasteiger partial charge in [0.2, 0.25) is 0 Å². The van der Waals surface area contributed by atoms with Crippen LogP contribution in [0.2, 0.25) is 0 Å². The highest BCUT2D eigenvalue weighted by Gasteiger charge is 2.45. The second-order valence-electron chi connectivity index (χ2n) is 10.00. The lowest BCUT2D eigenvalue weighted by Gasteiger charge is -2.42. The van der Waals surface area contributed by atoms with E-state index in [4.69, 9.17) is 0 Å². The SMILES string of the molecule is C=C(NC1(CC)CCC(C(F)(F)F)CC1)c1cnn2c1NC(c1ccccc1)CC2(C)C. The quantitative estimate of drug-likeness (QED) is 0.541. The van der Waals surface area contributed by atoms with Gasteiger partial charge < -0.3 is 10.6 Å². The van der Waals surface area contributed by atoms with Crippen LogP contribution in [0.15, 0.2) is 43.1 Å². The fourth-order valence-electron chi connectivity index (χ4n) is 5.31. The zero-order valence-corrected chi connectivity index (χ0v) is 19.1. The van der Waals surface area contributed by atoms with Crippen molar-refractivity contribution in [1.29, 1.82) is 0 Å². The number of fused-ring (bicyclic) bond motifs is 1. The van der Waals surface area contributed by atoms with Gasteiger partial charge >= 0.3 is 6.18 Å². The van der Waals surface area contributed by atoms with Crippen molar-refractivity contribution in [2.45, 2.75) is 82.6 Å². The van der Waals surface area contributed by atoms with Gasteiger partial charge in [-0.3, -0.25) is 0 Å². The molecule has 1 aromatic carbocycles. The smallest absolute Gasteiger partial charge is 0.379 e. The highest BCUT2D eigenvalue weighted by Crippen LogP contribution is 2.44. The summed E-state index contributed by atoms with van der Waals surface area (Å²) in [4.78, 5) is 0. The van der Waals surface area contributed by atoms with Crippen molar-refractivity contribution in [2.75, 3.05) is 5.32 Å². The summed E-state index contributed by atoms with van der Waals surface area (Å²) in [6.45, 7) is 10.7. The van der Waals surface area contributed by atoms with E-state index < -0.39 is 12.1 Å². The lowest BCUT2D eigenvalue weighted by molar-refractivity contribution is -0.185. The Hall–Kier alpha value is -2.44. The maximum absolute atomic E-state index is 13.2. The van der Waals surface area contributed by atoms with Crippen molar-refractivity contribution in [1.82, 2.24) is 15.1 Å². The summed E-state index contributed by atoms with van der Waals surface area (Å²) in [7, 11) is 0. The van der Waals surface area contributed by atoms with E-state index in [-0.39, 0.29) is 30.0 Å². The topological polar surface area (TPSA) is 41.9 Å². The molecule has 7 heteroatoms. The average Bonchev–Trinajstić information content (AvgIpc) is 3.19. The summed E-state index contributed by atoms with van der Waals surface area (Å²) in [6.07, 6.45) is 0.649. The molecule has 1 fully saturated rings. The average molecular weight is 447 g/mol. The maximum Gasteiger partial charge on any atom is 0.391 e. The van der Waals surface area contributed by atoms with Gasteiger partial charge in [0.25, 0.3) is 0 Å². The maximum atomic E-state index is 13.2. The summed E-state index contributed by atoms with van der Waals surface area (Å²) in [6, 6.07) is 10.5. The van der Waals surface area contributed by atoms with Gasteiger partial charge in [-0.05, 0) is 57.9 Å². The van der Waals surface area contributed by atoms with E-state index in [1.807, 2.05) is 36.0 Å². The molecule has 0 radical (unpaired) electrons. The Morgan fingerprint density at radius 1 is 1.22 bits per heavy atom. The molecule has 174 valence electrons. The van der Waals surface area contributed by atoms with Crippen LogP contribution in [0.25, 0.3) is 5.70 Å². The van der Waals surface area contributed by atoms with Crippen LogP contribution in [-0.4, -0.2) is 21.5 Å². The Bertz CT molecular complexity index is 953. The van der Waals surface area contributed by atoms with E-state index in [2.05, 4.69) is 48.3 Å². The van der Waals surface area contributed by atoms with Gasteiger partial charge in [-0.25, -0.2) is 4.68 Å². The van der Waals surface area contributed by atoms with E-state index in [1.54, 1.807) is 0 Å². The van der Waals surface area contributed by atoms with Crippen LogP contribution < -0.4 is 10.6 Å². The van der Waals surface area contributed by atoms with Crippen LogP contribution in [0.5, 0.6) is 0 Å². The normalized spacial score (nSPS) is 27.3. The van der Waals surface area contributed by atoms with E-state index in [1.165, 1.54) is 5.56 Å². The van der Waals surface area contributed by atoms with Crippen molar-refractivity contribution in [2.24, 2.45) is 5.92 Å². The van der Waals surface area contributed by atoms with Gasteiger partial charge in [-0.1, -0.05) is 43.8 Å². The molecule has 0 bridgehead atoms. The number of anilines is 1. The summed E-state index contributed by atoms with van der Waals surface area (Å²) in [5.41, 5.74) is 2.26. The molecule has 2 N–H and O–H groups in total. The fraction of sp³-hybridized carbons (Fsp3) is 0.560. The molecule has 1 saturated carbocycles. The number of aromatic nitrogens is 2. The van der Waals surface area contributed by atoms with Gasteiger partial charge in [0, 0.05) is 11.2 Å². The summed E-state index contributed by atoms with van der Waals surface area (Å²) >= 11 is 0.